The monoisotopic (exact) mass is 647 g/mol. The van der Waals surface area contributed by atoms with Crippen LogP contribution in [-0.2, 0) is 9.53 Å². The second-order valence-corrected chi connectivity index (χ2v) is 9.41. The summed E-state index contributed by atoms with van der Waals surface area (Å²) in [4.78, 5) is 17.6. The summed E-state index contributed by atoms with van der Waals surface area (Å²) in [7, 11) is 0. The fourth-order valence-electron chi connectivity index (χ4n) is 2.71. The fourth-order valence-corrected chi connectivity index (χ4v) is 5.87. The number of benzene rings is 2. The van der Waals surface area contributed by atoms with E-state index in [0.717, 1.165) is 18.5 Å². The molecule has 0 saturated carbocycles. The molecular formula is C22H19I2NO4S. The summed E-state index contributed by atoms with van der Waals surface area (Å²) in [6.45, 7) is 4.48. The van der Waals surface area contributed by atoms with E-state index in [4.69, 9.17) is 9.47 Å². The van der Waals surface area contributed by atoms with Crippen LogP contribution in [0.5, 0.6) is 5.75 Å². The molecular weight excluding hydrogens is 628 g/mol. The van der Waals surface area contributed by atoms with Crippen LogP contribution in [0.2, 0.25) is 0 Å². The van der Waals surface area contributed by atoms with Gasteiger partial charge in [0.15, 0.2) is 0 Å². The molecule has 0 amide bonds. The maximum Gasteiger partial charge on any atom is 0.344 e. The van der Waals surface area contributed by atoms with Gasteiger partial charge in [-0.25, -0.2) is 9.79 Å². The van der Waals surface area contributed by atoms with Gasteiger partial charge in [-0.2, -0.15) is 0 Å². The van der Waals surface area contributed by atoms with E-state index in [9.17, 15) is 9.90 Å². The smallest absolute Gasteiger partial charge is 0.344 e. The lowest BCUT2D eigenvalue weighted by Gasteiger charge is -2.09. The van der Waals surface area contributed by atoms with Gasteiger partial charge < -0.3 is 14.6 Å². The molecule has 0 fully saturated rings. The highest BCUT2D eigenvalue weighted by atomic mass is 127. The highest BCUT2D eigenvalue weighted by Gasteiger charge is 2.33. The van der Waals surface area contributed by atoms with Crippen molar-refractivity contribution in [3.8, 4) is 5.75 Å². The van der Waals surface area contributed by atoms with E-state index in [1.807, 2.05) is 55.5 Å². The number of aliphatic hydroxyl groups excluding tert-OH is 1. The zero-order valence-corrected chi connectivity index (χ0v) is 21.4. The Kier molecular flexibility index (Phi) is 8.23. The predicted octanol–water partition coefficient (Wildman–Crippen LogP) is 6.49. The van der Waals surface area contributed by atoms with Gasteiger partial charge in [-0.05, 0) is 94.9 Å². The van der Waals surface area contributed by atoms with Gasteiger partial charge in [-0.1, -0.05) is 30.0 Å². The molecule has 0 radical (unpaired) electrons. The molecule has 2 aromatic carbocycles. The number of nitrogens with zero attached hydrogens (tertiary/aromatic N) is 1. The Morgan fingerprint density at radius 2 is 1.80 bits per heavy atom. The molecule has 0 atom stereocenters. The molecule has 156 valence electrons. The summed E-state index contributed by atoms with van der Waals surface area (Å²) >= 11 is 5.71. The lowest BCUT2D eigenvalue weighted by Crippen LogP contribution is -2.12. The molecule has 0 unspecified atom stereocenters. The molecule has 2 aromatic rings. The molecule has 0 saturated heterocycles. The lowest BCUT2D eigenvalue weighted by molar-refractivity contribution is -0.138. The first-order valence-corrected chi connectivity index (χ1v) is 12.2. The number of carbonyl (C=O) groups excluding carboxylic acids is 1. The summed E-state index contributed by atoms with van der Waals surface area (Å²) in [5.74, 6) is 0.140. The van der Waals surface area contributed by atoms with Crippen molar-refractivity contribution >= 4 is 79.7 Å². The number of rotatable bonds is 6. The van der Waals surface area contributed by atoms with E-state index < -0.39 is 5.97 Å². The van der Waals surface area contributed by atoms with Crippen LogP contribution in [0.1, 0.15) is 19.4 Å². The van der Waals surface area contributed by atoms with Crippen molar-refractivity contribution in [2.24, 2.45) is 4.99 Å². The number of aliphatic imine (C=N–C) groups is 1. The SMILES string of the molecule is CCOC(=O)C1=C(O)/C(=C/c2cc(I)c(OCC)c(I)c2)SC1=Nc1ccccc1. The normalized spacial score (nSPS) is 16.4. The Morgan fingerprint density at radius 3 is 2.40 bits per heavy atom. The number of esters is 1. The molecule has 0 bridgehead atoms. The molecule has 1 aliphatic rings. The molecule has 1 heterocycles. The maximum atomic E-state index is 12.5. The quantitative estimate of drug-likeness (QED) is 0.287. The number of halogens is 2. The number of hydrogen-bond donors (Lipinski definition) is 1. The van der Waals surface area contributed by atoms with E-state index in [0.29, 0.717) is 22.2 Å². The van der Waals surface area contributed by atoms with Crippen molar-refractivity contribution in [1.82, 2.24) is 0 Å². The Morgan fingerprint density at radius 1 is 1.13 bits per heavy atom. The Hall–Kier alpha value is -1.53. The van der Waals surface area contributed by atoms with Gasteiger partial charge >= 0.3 is 5.97 Å². The predicted molar refractivity (Wildman–Crippen MR) is 138 cm³/mol. The third kappa shape index (κ3) is 5.38. The number of aliphatic hydroxyl groups is 1. The van der Waals surface area contributed by atoms with Gasteiger partial charge in [0.25, 0.3) is 0 Å². The van der Waals surface area contributed by atoms with Crippen molar-refractivity contribution in [2.75, 3.05) is 13.2 Å². The van der Waals surface area contributed by atoms with Crippen LogP contribution in [0.25, 0.3) is 6.08 Å². The number of para-hydroxylation sites is 1. The number of ether oxygens (including phenoxy) is 2. The van der Waals surface area contributed by atoms with E-state index in [1.54, 1.807) is 6.92 Å². The van der Waals surface area contributed by atoms with E-state index >= 15 is 0 Å². The van der Waals surface area contributed by atoms with E-state index in [2.05, 4.69) is 50.2 Å². The van der Waals surface area contributed by atoms with Crippen LogP contribution in [-0.4, -0.2) is 29.3 Å². The summed E-state index contributed by atoms with van der Waals surface area (Å²) in [6, 6.07) is 13.3. The van der Waals surface area contributed by atoms with Crippen molar-refractivity contribution in [2.45, 2.75) is 13.8 Å². The minimum absolute atomic E-state index is 0.0901. The second kappa shape index (κ2) is 10.7. The second-order valence-electron chi connectivity index (χ2n) is 6.05. The minimum atomic E-state index is -0.587. The Labute approximate surface area is 206 Å². The van der Waals surface area contributed by atoms with Gasteiger partial charge in [0.1, 0.15) is 22.1 Å². The maximum absolute atomic E-state index is 12.5. The van der Waals surface area contributed by atoms with Crippen LogP contribution < -0.4 is 4.74 Å². The number of carbonyl (C=O) groups is 1. The number of hydrogen-bond acceptors (Lipinski definition) is 6. The fraction of sp³-hybridized carbons (Fsp3) is 0.182. The van der Waals surface area contributed by atoms with Crippen LogP contribution in [0.15, 0.2) is 63.7 Å². The largest absolute Gasteiger partial charge is 0.506 e. The van der Waals surface area contributed by atoms with E-state index in [-0.39, 0.29) is 17.9 Å². The summed E-state index contributed by atoms with van der Waals surface area (Å²) in [5, 5.41) is 11.2. The molecule has 5 nitrogen and oxygen atoms in total. The Balaban J connectivity index is 2.03. The zero-order chi connectivity index (χ0) is 21.7. The first-order chi connectivity index (χ1) is 14.4. The molecule has 30 heavy (non-hydrogen) atoms. The van der Waals surface area contributed by atoms with Crippen molar-refractivity contribution in [3.05, 3.63) is 71.4 Å². The lowest BCUT2D eigenvalue weighted by atomic mass is 10.1. The average molecular weight is 647 g/mol. The third-order valence-electron chi connectivity index (χ3n) is 3.96. The first-order valence-electron chi connectivity index (χ1n) is 9.20. The molecule has 0 aliphatic carbocycles. The summed E-state index contributed by atoms with van der Waals surface area (Å²) in [6.07, 6.45) is 1.84. The summed E-state index contributed by atoms with van der Waals surface area (Å²) in [5.41, 5.74) is 1.68. The molecule has 0 spiro atoms. The minimum Gasteiger partial charge on any atom is -0.506 e. The van der Waals surface area contributed by atoms with Gasteiger partial charge in [0, 0.05) is 0 Å². The zero-order valence-electron chi connectivity index (χ0n) is 16.3. The van der Waals surface area contributed by atoms with Gasteiger partial charge in [-0.3, -0.25) is 0 Å². The highest BCUT2D eigenvalue weighted by molar-refractivity contribution is 14.1. The third-order valence-corrected chi connectivity index (χ3v) is 6.59. The molecule has 1 aliphatic heterocycles. The number of thioether (sulfide) groups is 1. The van der Waals surface area contributed by atoms with Crippen LogP contribution >= 0.6 is 56.9 Å². The van der Waals surface area contributed by atoms with Crippen LogP contribution in [0.4, 0.5) is 5.69 Å². The van der Waals surface area contributed by atoms with Gasteiger partial charge in [0.2, 0.25) is 0 Å². The average Bonchev–Trinajstić information content (AvgIpc) is 3.00. The molecule has 3 rings (SSSR count). The van der Waals surface area contributed by atoms with Crippen LogP contribution in [0.3, 0.4) is 0 Å². The first kappa shape index (κ1) is 23.1. The van der Waals surface area contributed by atoms with Crippen molar-refractivity contribution < 1.29 is 19.4 Å². The van der Waals surface area contributed by atoms with Crippen molar-refractivity contribution in [1.29, 1.82) is 0 Å². The summed E-state index contributed by atoms with van der Waals surface area (Å²) < 4.78 is 12.8. The van der Waals surface area contributed by atoms with Crippen molar-refractivity contribution in [3.63, 3.8) is 0 Å². The van der Waals surface area contributed by atoms with Gasteiger partial charge in [-0.15, -0.1) is 0 Å². The topological polar surface area (TPSA) is 68.1 Å². The van der Waals surface area contributed by atoms with E-state index in [1.165, 1.54) is 11.8 Å². The molecule has 1 N–H and O–H groups in total. The van der Waals surface area contributed by atoms with Crippen LogP contribution in [0, 0.1) is 7.14 Å². The molecule has 8 heteroatoms. The standard InChI is InChI=1S/C22H19I2NO4S/c1-3-28-20-15(23)10-13(11-16(20)24)12-17-19(26)18(22(27)29-4-2)21(30-17)25-14-8-6-5-7-9-14/h5-12,26H,3-4H2,1-2H3/b17-12-,25-21?. The van der Waals surface area contributed by atoms with Gasteiger partial charge in [0.05, 0.1) is 30.9 Å². The highest BCUT2D eigenvalue weighted by Crippen LogP contribution is 2.41. The molecule has 0 aromatic heterocycles. The Bertz CT molecular complexity index is 1030.